The minimum Gasteiger partial charge on any atom is -0.462 e. The van der Waals surface area contributed by atoms with E-state index in [0.717, 1.165) is 57.8 Å². The van der Waals surface area contributed by atoms with Crippen LogP contribution in [0.5, 0.6) is 0 Å². The van der Waals surface area contributed by atoms with Crippen molar-refractivity contribution in [2.24, 2.45) is 0 Å². The molecule has 0 spiro atoms. The quantitative estimate of drug-likeness (QED) is 0.0344. The molecule has 0 aliphatic heterocycles. The van der Waals surface area contributed by atoms with Gasteiger partial charge in [-0.3, -0.25) is 14.4 Å². The molecule has 0 amide bonds. The minimum absolute atomic E-state index is 0.0614. The number of unbranched alkanes of at least 4 members (excludes halogenated alkanes) is 40. The minimum atomic E-state index is -0.760. The fourth-order valence-electron chi connectivity index (χ4n) is 8.45. The number of ether oxygens (including phenoxy) is 3. The van der Waals surface area contributed by atoms with Crippen LogP contribution in [0.4, 0.5) is 0 Å². The SMILES string of the molecule is CCCCCCCCCCCCCCCCCCC(=O)O[C@H](COC(=O)CCCCCCCCCCCCCCC)COC(=O)CCCCCCCCCCCCCCCC. The molecule has 6 heteroatoms. The molecule has 0 saturated heterocycles. The summed E-state index contributed by atoms with van der Waals surface area (Å²) in [6.45, 7) is 6.69. The van der Waals surface area contributed by atoms with Crippen molar-refractivity contribution in [1.29, 1.82) is 0 Å². The van der Waals surface area contributed by atoms with Crippen LogP contribution in [0, 0.1) is 0 Å². The second kappa shape index (κ2) is 51.0. The average molecular weight is 863 g/mol. The van der Waals surface area contributed by atoms with Gasteiger partial charge in [-0.05, 0) is 19.3 Å². The first-order valence-corrected chi connectivity index (χ1v) is 27.5. The molecule has 0 heterocycles. The summed E-state index contributed by atoms with van der Waals surface area (Å²) in [4.78, 5) is 38.0. The van der Waals surface area contributed by atoms with E-state index in [1.54, 1.807) is 0 Å². The van der Waals surface area contributed by atoms with Crippen LogP contribution < -0.4 is 0 Å². The first-order chi connectivity index (χ1) is 30.0. The highest BCUT2D eigenvalue weighted by atomic mass is 16.6. The van der Waals surface area contributed by atoms with Gasteiger partial charge in [0.05, 0.1) is 0 Å². The summed E-state index contributed by atoms with van der Waals surface area (Å²) in [6.07, 6.45) is 55.1. The molecule has 61 heavy (non-hydrogen) atoms. The van der Waals surface area contributed by atoms with Crippen LogP contribution >= 0.6 is 0 Å². The number of esters is 3. The second-order valence-corrected chi connectivity index (χ2v) is 18.9. The van der Waals surface area contributed by atoms with Gasteiger partial charge >= 0.3 is 17.9 Å². The lowest BCUT2D eigenvalue weighted by molar-refractivity contribution is -0.167. The Hall–Kier alpha value is -1.59. The number of hydrogen-bond donors (Lipinski definition) is 0. The summed E-state index contributed by atoms with van der Waals surface area (Å²) in [7, 11) is 0. The second-order valence-electron chi connectivity index (χ2n) is 18.9. The molecule has 1 atom stereocenters. The molecule has 0 unspecified atom stereocenters. The van der Waals surface area contributed by atoms with Gasteiger partial charge in [0.1, 0.15) is 13.2 Å². The first-order valence-electron chi connectivity index (χ1n) is 27.5. The third kappa shape index (κ3) is 49.3. The van der Waals surface area contributed by atoms with E-state index in [1.165, 1.54) is 218 Å². The van der Waals surface area contributed by atoms with E-state index < -0.39 is 6.10 Å². The molecule has 0 rings (SSSR count). The van der Waals surface area contributed by atoms with Crippen molar-refractivity contribution < 1.29 is 28.6 Å². The molecule has 0 aliphatic carbocycles. The van der Waals surface area contributed by atoms with Crippen LogP contribution in [0.15, 0.2) is 0 Å². The highest BCUT2D eigenvalue weighted by molar-refractivity contribution is 5.71. The molecular formula is C55H106O6. The normalized spacial score (nSPS) is 11.9. The van der Waals surface area contributed by atoms with E-state index in [9.17, 15) is 14.4 Å². The van der Waals surface area contributed by atoms with Crippen LogP contribution in [-0.4, -0.2) is 37.2 Å². The maximum absolute atomic E-state index is 12.8. The Morgan fingerprint density at radius 3 is 0.656 bits per heavy atom. The summed E-state index contributed by atoms with van der Waals surface area (Å²) in [5.41, 5.74) is 0. The molecule has 0 bridgehead atoms. The number of carbonyl (C=O) groups excluding carboxylic acids is 3. The van der Waals surface area contributed by atoms with Crippen molar-refractivity contribution in [3.63, 3.8) is 0 Å². The average Bonchev–Trinajstić information content (AvgIpc) is 3.26. The lowest BCUT2D eigenvalue weighted by Crippen LogP contribution is -2.30. The zero-order chi connectivity index (χ0) is 44.4. The molecular weight excluding hydrogens is 757 g/mol. The van der Waals surface area contributed by atoms with Crippen LogP contribution in [0.1, 0.15) is 316 Å². The van der Waals surface area contributed by atoms with Crippen molar-refractivity contribution in [2.75, 3.05) is 13.2 Å². The molecule has 0 saturated carbocycles. The third-order valence-corrected chi connectivity index (χ3v) is 12.6. The van der Waals surface area contributed by atoms with Gasteiger partial charge in [0.25, 0.3) is 0 Å². The van der Waals surface area contributed by atoms with Gasteiger partial charge in [-0.1, -0.05) is 278 Å². The fourth-order valence-corrected chi connectivity index (χ4v) is 8.45. The Balaban J connectivity index is 4.30. The van der Waals surface area contributed by atoms with E-state index in [4.69, 9.17) is 14.2 Å². The predicted octanol–water partition coefficient (Wildman–Crippen LogP) is 18.0. The summed E-state index contributed by atoms with van der Waals surface area (Å²) in [6, 6.07) is 0. The number of hydrogen-bond acceptors (Lipinski definition) is 6. The van der Waals surface area contributed by atoms with Crippen LogP contribution in [-0.2, 0) is 28.6 Å². The lowest BCUT2D eigenvalue weighted by atomic mass is 10.0. The maximum atomic E-state index is 12.8. The molecule has 0 radical (unpaired) electrons. The van der Waals surface area contributed by atoms with E-state index in [2.05, 4.69) is 20.8 Å². The molecule has 0 aromatic heterocycles. The number of carbonyl (C=O) groups is 3. The first kappa shape index (κ1) is 59.4. The standard InChI is InChI=1S/C55H106O6/c1-4-7-10-13-16-19-22-25-27-28-31-34-37-40-43-46-49-55(58)61-52(50-59-53(56)47-44-41-38-35-32-29-24-21-18-15-12-9-6-3)51-60-54(57)48-45-42-39-36-33-30-26-23-20-17-14-11-8-5-2/h52H,4-51H2,1-3H3/t52-/m1/s1. The predicted molar refractivity (Wildman–Crippen MR) is 261 cm³/mol. The van der Waals surface area contributed by atoms with Gasteiger partial charge in [-0.25, -0.2) is 0 Å². The van der Waals surface area contributed by atoms with Crippen molar-refractivity contribution in [3.05, 3.63) is 0 Å². The van der Waals surface area contributed by atoms with Crippen LogP contribution in [0.25, 0.3) is 0 Å². The van der Waals surface area contributed by atoms with Gasteiger partial charge in [-0.15, -0.1) is 0 Å². The van der Waals surface area contributed by atoms with E-state index in [-0.39, 0.29) is 31.1 Å². The fraction of sp³-hybridized carbons (Fsp3) is 0.945. The lowest BCUT2D eigenvalue weighted by Gasteiger charge is -2.18. The third-order valence-electron chi connectivity index (χ3n) is 12.6. The van der Waals surface area contributed by atoms with Gasteiger partial charge in [0.15, 0.2) is 6.10 Å². The van der Waals surface area contributed by atoms with E-state index in [0.29, 0.717) is 19.3 Å². The molecule has 0 N–H and O–H groups in total. The van der Waals surface area contributed by atoms with Crippen molar-refractivity contribution in [2.45, 2.75) is 322 Å². The van der Waals surface area contributed by atoms with Crippen molar-refractivity contribution in [1.82, 2.24) is 0 Å². The van der Waals surface area contributed by atoms with E-state index in [1.807, 2.05) is 0 Å². The van der Waals surface area contributed by atoms with E-state index >= 15 is 0 Å². The highest BCUT2D eigenvalue weighted by Gasteiger charge is 2.19. The van der Waals surface area contributed by atoms with Gasteiger partial charge in [0, 0.05) is 19.3 Å². The number of rotatable bonds is 51. The Morgan fingerprint density at radius 2 is 0.443 bits per heavy atom. The topological polar surface area (TPSA) is 78.9 Å². The molecule has 6 nitrogen and oxygen atoms in total. The smallest absolute Gasteiger partial charge is 0.306 e. The Kier molecular flexibility index (Phi) is 49.7. The molecule has 0 aromatic carbocycles. The zero-order valence-electron chi connectivity index (χ0n) is 41.5. The highest BCUT2D eigenvalue weighted by Crippen LogP contribution is 2.17. The zero-order valence-corrected chi connectivity index (χ0v) is 41.5. The summed E-state index contributed by atoms with van der Waals surface area (Å²) in [5, 5.41) is 0. The van der Waals surface area contributed by atoms with Gasteiger partial charge in [-0.2, -0.15) is 0 Å². The maximum Gasteiger partial charge on any atom is 0.306 e. The Morgan fingerprint density at radius 1 is 0.262 bits per heavy atom. The van der Waals surface area contributed by atoms with Crippen molar-refractivity contribution >= 4 is 17.9 Å². The monoisotopic (exact) mass is 863 g/mol. The van der Waals surface area contributed by atoms with Gasteiger partial charge in [0.2, 0.25) is 0 Å². The molecule has 0 fully saturated rings. The summed E-state index contributed by atoms with van der Waals surface area (Å²) >= 11 is 0. The van der Waals surface area contributed by atoms with Crippen LogP contribution in [0.3, 0.4) is 0 Å². The molecule has 0 aromatic rings. The Bertz CT molecular complexity index is 905. The van der Waals surface area contributed by atoms with Crippen molar-refractivity contribution in [3.8, 4) is 0 Å². The summed E-state index contributed by atoms with van der Waals surface area (Å²) in [5.74, 6) is -0.835. The molecule has 0 aliphatic rings. The van der Waals surface area contributed by atoms with Gasteiger partial charge < -0.3 is 14.2 Å². The largest absolute Gasteiger partial charge is 0.462 e. The molecule has 362 valence electrons. The van der Waals surface area contributed by atoms with Crippen LogP contribution in [0.2, 0.25) is 0 Å². The summed E-state index contributed by atoms with van der Waals surface area (Å²) < 4.78 is 16.9. The Labute approximate surface area is 380 Å².